The van der Waals surface area contributed by atoms with E-state index in [2.05, 4.69) is 31.3 Å². The molecule has 1 aliphatic rings. The highest BCUT2D eigenvalue weighted by Gasteiger charge is 2.37. The Hall–Kier alpha value is -5.69. The van der Waals surface area contributed by atoms with Crippen LogP contribution in [0, 0.1) is 17.2 Å². The summed E-state index contributed by atoms with van der Waals surface area (Å²) >= 11 is 0. The van der Waals surface area contributed by atoms with Gasteiger partial charge in [-0.3, -0.25) is 9.36 Å². The molecule has 43 heavy (non-hydrogen) atoms. The molecule has 3 heterocycles. The van der Waals surface area contributed by atoms with Crippen LogP contribution in [0.4, 0.5) is 5.82 Å². The number of nitrogens with one attached hydrogen (secondary N) is 1. The lowest BCUT2D eigenvalue weighted by molar-refractivity contribution is 0.312. The molecule has 7 rings (SSSR count). The van der Waals surface area contributed by atoms with Crippen LogP contribution in [-0.4, -0.2) is 36.1 Å². The number of nitrogens with zero attached hydrogens (tertiary/aromatic N) is 7. The number of para-hydroxylation sites is 1. The topological polar surface area (TPSA) is 132 Å². The van der Waals surface area contributed by atoms with Crippen molar-refractivity contribution in [2.24, 2.45) is 5.92 Å². The van der Waals surface area contributed by atoms with Crippen molar-refractivity contribution in [1.82, 2.24) is 29.5 Å². The van der Waals surface area contributed by atoms with E-state index < -0.39 is 0 Å². The SMILES string of the molecule is CCOc1ncc(-c2cccc3nc(C(Nc4ncnc5ccc(C#N)cc45)C4CC4)n(-c4ccccc4)c(=O)c23)cn1. The van der Waals surface area contributed by atoms with E-state index in [1.54, 1.807) is 29.1 Å². The van der Waals surface area contributed by atoms with E-state index in [4.69, 9.17) is 9.72 Å². The first-order chi connectivity index (χ1) is 21.1. The van der Waals surface area contributed by atoms with Crippen molar-refractivity contribution in [2.45, 2.75) is 25.8 Å². The third-order valence-corrected chi connectivity index (χ3v) is 7.58. The number of fused-ring (bicyclic) bond motifs is 2. The molecule has 0 spiro atoms. The summed E-state index contributed by atoms with van der Waals surface area (Å²) in [5.74, 6) is 1.42. The Bertz CT molecular complexity index is 2070. The second kappa shape index (κ2) is 10.9. The van der Waals surface area contributed by atoms with Crippen LogP contribution in [0.25, 0.3) is 38.6 Å². The molecule has 1 aliphatic carbocycles. The molecule has 6 aromatic rings. The fourth-order valence-corrected chi connectivity index (χ4v) is 5.39. The lowest BCUT2D eigenvalue weighted by atomic mass is 10.0. The largest absolute Gasteiger partial charge is 0.464 e. The van der Waals surface area contributed by atoms with Crippen LogP contribution in [0.1, 0.15) is 37.2 Å². The maximum absolute atomic E-state index is 14.6. The Kier molecular flexibility index (Phi) is 6.68. The van der Waals surface area contributed by atoms with Gasteiger partial charge in [-0.1, -0.05) is 30.3 Å². The molecule has 0 saturated heterocycles. The summed E-state index contributed by atoms with van der Waals surface area (Å²) in [5.41, 5.74) is 3.72. The number of hydrogen-bond donors (Lipinski definition) is 1. The normalized spacial score (nSPS) is 13.5. The zero-order valence-corrected chi connectivity index (χ0v) is 23.3. The first kappa shape index (κ1) is 26.2. The quantitative estimate of drug-likeness (QED) is 0.249. The van der Waals surface area contributed by atoms with Gasteiger partial charge in [0.2, 0.25) is 0 Å². The molecule has 1 N–H and O–H groups in total. The molecule has 3 aromatic heterocycles. The number of ether oxygens (including phenoxy) is 1. The van der Waals surface area contributed by atoms with E-state index >= 15 is 0 Å². The number of rotatable bonds is 8. The van der Waals surface area contributed by atoms with Gasteiger partial charge in [0.05, 0.1) is 46.4 Å². The summed E-state index contributed by atoms with van der Waals surface area (Å²) in [6.07, 6.45) is 6.80. The number of hydrogen-bond acceptors (Lipinski definition) is 9. The number of nitriles is 1. The Morgan fingerprint density at radius 1 is 1.00 bits per heavy atom. The van der Waals surface area contributed by atoms with Crippen LogP contribution >= 0.6 is 0 Å². The maximum atomic E-state index is 14.6. The zero-order valence-electron chi connectivity index (χ0n) is 23.3. The molecular formula is C33H26N8O2. The summed E-state index contributed by atoms with van der Waals surface area (Å²) in [5, 5.41) is 14.3. The second-order valence-electron chi connectivity index (χ2n) is 10.4. The van der Waals surface area contributed by atoms with Gasteiger partial charge in [0.1, 0.15) is 18.0 Å². The van der Waals surface area contributed by atoms with Crippen LogP contribution in [-0.2, 0) is 0 Å². The van der Waals surface area contributed by atoms with Gasteiger partial charge in [-0.2, -0.15) is 5.26 Å². The van der Waals surface area contributed by atoms with Crippen molar-refractivity contribution in [2.75, 3.05) is 11.9 Å². The van der Waals surface area contributed by atoms with Gasteiger partial charge in [0.15, 0.2) is 0 Å². The van der Waals surface area contributed by atoms with Crippen molar-refractivity contribution in [3.63, 3.8) is 0 Å². The molecule has 10 heteroatoms. The van der Waals surface area contributed by atoms with Crippen molar-refractivity contribution in [3.8, 4) is 28.9 Å². The third-order valence-electron chi connectivity index (χ3n) is 7.58. The molecule has 10 nitrogen and oxygen atoms in total. The smallest absolute Gasteiger partial charge is 0.316 e. The van der Waals surface area contributed by atoms with Gasteiger partial charge in [0, 0.05) is 23.3 Å². The van der Waals surface area contributed by atoms with Crippen LogP contribution in [0.5, 0.6) is 6.01 Å². The van der Waals surface area contributed by atoms with Crippen LogP contribution in [0.2, 0.25) is 0 Å². The molecule has 3 aromatic carbocycles. The van der Waals surface area contributed by atoms with Gasteiger partial charge in [-0.25, -0.2) is 24.9 Å². The number of aromatic nitrogens is 6. The molecule has 0 aliphatic heterocycles. The first-order valence-corrected chi connectivity index (χ1v) is 14.1. The van der Waals surface area contributed by atoms with Crippen molar-refractivity contribution in [1.29, 1.82) is 5.26 Å². The summed E-state index contributed by atoms with van der Waals surface area (Å²) in [6.45, 7) is 2.33. The van der Waals surface area contributed by atoms with Crippen LogP contribution in [0.3, 0.4) is 0 Å². The number of benzene rings is 3. The first-order valence-electron chi connectivity index (χ1n) is 14.1. The van der Waals surface area contributed by atoms with Gasteiger partial charge in [-0.15, -0.1) is 0 Å². The fourth-order valence-electron chi connectivity index (χ4n) is 5.39. The predicted octanol–water partition coefficient (Wildman–Crippen LogP) is 5.62. The van der Waals surface area contributed by atoms with Gasteiger partial charge < -0.3 is 10.1 Å². The molecule has 1 atom stereocenters. The number of anilines is 1. The Morgan fingerprint density at radius 2 is 1.81 bits per heavy atom. The van der Waals surface area contributed by atoms with Crippen molar-refractivity contribution in [3.05, 3.63) is 107 Å². The van der Waals surface area contributed by atoms with E-state index in [0.29, 0.717) is 51.5 Å². The minimum atomic E-state index is -0.321. The molecule has 0 radical (unpaired) electrons. The monoisotopic (exact) mass is 566 g/mol. The summed E-state index contributed by atoms with van der Waals surface area (Å²) in [4.78, 5) is 37.3. The Morgan fingerprint density at radius 3 is 2.56 bits per heavy atom. The molecule has 1 saturated carbocycles. The molecule has 0 bridgehead atoms. The van der Waals surface area contributed by atoms with E-state index in [-0.39, 0.29) is 23.5 Å². The third kappa shape index (κ3) is 4.91. The lowest BCUT2D eigenvalue weighted by Gasteiger charge is -2.24. The van der Waals surface area contributed by atoms with Gasteiger partial charge >= 0.3 is 6.01 Å². The van der Waals surface area contributed by atoms with Crippen molar-refractivity contribution < 1.29 is 4.74 Å². The molecule has 1 unspecified atom stereocenters. The summed E-state index contributed by atoms with van der Waals surface area (Å²) < 4.78 is 7.11. The van der Waals surface area contributed by atoms with Gasteiger partial charge in [-0.05, 0) is 67.6 Å². The molecule has 1 fully saturated rings. The molecule has 210 valence electrons. The van der Waals surface area contributed by atoms with E-state index in [1.165, 1.54) is 6.33 Å². The zero-order chi connectivity index (χ0) is 29.3. The Balaban J connectivity index is 1.43. The van der Waals surface area contributed by atoms with E-state index in [0.717, 1.165) is 23.7 Å². The van der Waals surface area contributed by atoms with Crippen molar-refractivity contribution >= 4 is 27.6 Å². The van der Waals surface area contributed by atoms with E-state index in [1.807, 2.05) is 61.5 Å². The fraction of sp³-hybridized carbons (Fsp3) is 0.182. The second-order valence-corrected chi connectivity index (χ2v) is 10.4. The molecular weight excluding hydrogens is 540 g/mol. The van der Waals surface area contributed by atoms with Crippen LogP contribution in [0.15, 0.2) is 90.2 Å². The summed E-state index contributed by atoms with van der Waals surface area (Å²) in [7, 11) is 0. The minimum Gasteiger partial charge on any atom is -0.464 e. The summed E-state index contributed by atoms with van der Waals surface area (Å²) in [6, 6.07) is 22.7. The predicted molar refractivity (Wildman–Crippen MR) is 163 cm³/mol. The van der Waals surface area contributed by atoms with Crippen LogP contribution < -0.4 is 15.6 Å². The van der Waals surface area contributed by atoms with E-state index in [9.17, 15) is 10.1 Å². The average Bonchev–Trinajstić information content (AvgIpc) is 3.89. The minimum absolute atomic E-state index is 0.192. The highest BCUT2D eigenvalue weighted by Crippen LogP contribution is 2.43. The van der Waals surface area contributed by atoms with Gasteiger partial charge in [0.25, 0.3) is 5.56 Å². The highest BCUT2D eigenvalue weighted by atomic mass is 16.5. The maximum Gasteiger partial charge on any atom is 0.316 e. The average molecular weight is 567 g/mol. The standard InChI is InChI=1S/C33H26N8O2/c1-2-43-33-35-17-22(18-36-33)24-9-6-10-27-28(24)32(42)41(23-7-4-3-5-8-23)31(39-27)29(21-12-13-21)40-30-25-15-20(16-34)11-14-26(25)37-19-38-30/h3-11,14-15,17-19,21,29H,2,12-13H2,1H3,(H,37,38,40). The molecule has 0 amide bonds. The Labute approximate surface area is 246 Å². The highest BCUT2D eigenvalue weighted by molar-refractivity contribution is 5.94. The lowest BCUT2D eigenvalue weighted by Crippen LogP contribution is -2.29.